The Kier molecular flexibility index (Phi) is 3.53. The summed E-state index contributed by atoms with van der Waals surface area (Å²) >= 11 is 0. The van der Waals surface area contributed by atoms with E-state index in [9.17, 15) is 0 Å². The molecule has 2 rings (SSSR count). The molecule has 0 spiro atoms. The number of nitriles is 1. The first-order chi connectivity index (χ1) is 8.29. The molecule has 1 aromatic carbocycles. The lowest BCUT2D eigenvalue weighted by atomic mass is 10.1. The Morgan fingerprint density at radius 2 is 2.06 bits per heavy atom. The summed E-state index contributed by atoms with van der Waals surface area (Å²) in [7, 11) is 0. The Hall–Kier alpha value is -2.12. The highest BCUT2D eigenvalue weighted by Crippen LogP contribution is 2.04. The van der Waals surface area contributed by atoms with Gasteiger partial charge in [0.15, 0.2) is 0 Å². The van der Waals surface area contributed by atoms with Crippen molar-refractivity contribution in [2.24, 2.45) is 0 Å². The molecule has 0 bridgehead atoms. The molecule has 0 aliphatic carbocycles. The van der Waals surface area contributed by atoms with Crippen molar-refractivity contribution in [1.82, 2.24) is 15.3 Å². The summed E-state index contributed by atoms with van der Waals surface area (Å²) in [6, 6.07) is 9.69. The third kappa shape index (κ3) is 2.92. The monoisotopic (exact) mass is 226 g/mol. The number of hydrogen-bond donors (Lipinski definition) is 2. The van der Waals surface area contributed by atoms with Gasteiger partial charge in [0.25, 0.3) is 0 Å². The predicted octanol–water partition coefficient (Wildman–Crippen LogP) is 1.88. The van der Waals surface area contributed by atoms with Crippen LogP contribution < -0.4 is 5.32 Å². The number of hydrogen-bond acceptors (Lipinski definition) is 3. The largest absolute Gasteiger partial charge is 0.348 e. The highest BCUT2D eigenvalue weighted by atomic mass is 14.9. The number of benzene rings is 1. The number of aromatic amines is 1. The van der Waals surface area contributed by atoms with Crippen LogP contribution in [-0.4, -0.2) is 9.97 Å². The Balaban J connectivity index is 1.86. The van der Waals surface area contributed by atoms with Crippen molar-refractivity contribution in [3.05, 3.63) is 53.1 Å². The van der Waals surface area contributed by atoms with Gasteiger partial charge in [0, 0.05) is 18.8 Å². The number of rotatable bonds is 4. The highest BCUT2D eigenvalue weighted by Gasteiger charge is 2.00. The number of nitrogens with one attached hydrogen (secondary N) is 2. The van der Waals surface area contributed by atoms with Crippen molar-refractivity contribution in [2.75, 3.05) is 0 Å². The summed E-state index contributed by atoms with van der Waals surface area (Å²) in [5.41, 5.74) is 3.99. The van der Waals surface area contributed by atoms with Gasteiger partial charge in [-0.05, 0) is 24.6 Å². The van der Waals surface area contributed by atoms with Gasteiger partial charge in [0.1, 0.15) is 0 Å². The van der Waals surface area contributed by atoms with Gasteiger partial charge in [-0.2, -0.15) is 5.26 Å². The normalized spacial score (nSPS) is 10.1. The van der Waals surface area contributed by atoms with Gasteiger partial charge in [-0.1, -0.05) is 12.1 Å². The van der Waals surface area contributed by atoms with E-state index in [4.69, 9.17) is 5.26 Å². The van der Waals surface area contributed by atoms with Gasteiger partial charge in [0.2, 0.25) is 0 Å². The molecular formula is C13H14N4. The number of nitrogens with zero attached hydrogens (tertiary/aromatic N) is 2. The van der Waals surface area contributed by atoms with Crippen molar-refractivity contribution in [1.29, 1.82) is 5.26 Å². The van der Waals surface area contributed by atoms with Crippen LogP contribution in [0, 0.1) is 18.3 Å². The maximum absolute atomic E-state index is 8.68. The highest BCUT2D eigenvalue weighted by molar-refractivity contribution is 5.31. The fraction of sp³-hybridized carbons (Fsp3) is 0.231. The molecule has 0 radical (unpaired) electrons. The molecule has 2 aromatic rings. The molecule has 4 nitrogen and oxygen atoms in total. The second-order valence-electron chi connectivity index (χ2n) is 3.89. The molecular weight excluding hydrogens is 212 g/mol. The minimum Gasteiger partial charge on any atom is -0.348 e. The van der Waals surface area contributed by atoms with E-state index in [0.717, 1.165) is 30.0 Å². The first-order valence-electron chi connectivity index (χ1n) is 5.48. The lowest BCUT2D eigenvalue weighted by Crippen LogP contribution is -2.13. The summed E-state index contributed by atoms with van der Waals surface area (Å²) in [5.74, 6) is 0. The van der Waals surface area contributed by atoms with Crippen LogP contribution in [-0.2, 0) is 13.1 Å². The van der Waals surface area contributed by atoms with Crippen LogP contribution in [0.4, 0.5) is 0 Å². The molecule has 0 saturated heterocycles. The Morgan fingerprint density at radius 3 is 2.65 bits per heavy atom. The van der Waals surface area contributed by atoms with E-state index in [2.05, 4.69) is 21.4 Å². The summed E-state index contributed by atoms with van der Waals surface area (Å²) in [5, 5.41) is 12.0. The maximum atomic E-state index is 8.68. The van der Waals surface area contributed by atoms with E-state index >= 15 is 0 Å². The Bertz CT molecular complexity index is 519. The van der Waals surface area contributed by atoms with E-state index in [0.29, 0.717) is 5.56 Å². The van der Waals surface area contributed by atoms with Crippen molar-refractivity contribution < 1.29 is 0 Å². The summed E-state index contributed by atoms with van der Waals surface area (Å²) in [6.45, 7) is 3.53. The quantitative estimate of drug-likeness (QED) is 0.836. The van der Waals surface area contributed by atoms with Gasteiger partial charge in [-0.25, -0.2) is 4.98 Å². The van der Waals surface area contributed by atoms with Crippen LogP contribution in [0.1, 0.15) is 22.5 Å². The zero-order valence-electron chi connectivity index (χ0n) is 9.70. The van der Waals surface area contributed by atoms with Crippen molar-refractivity contribution in [3.8, 4) is 6.07 Å². The average Bonchev–Trinajstić information content (AvgIpc) is 2.76. The molecule has 2 N–H and O–H groups in total. The maximum Gasteiger partial charge on any atom is 0.0991 e. The van der Waals surface area contributed by atoms with Crippen LogP contribution in [0.3, 0.4) is 0 Å². The minimum atomic E-state index is 0.692. The summed E-state index contributed by atoms with van der Waals surface area (Å²) in [6.07, 6.45) is 1.70. The van der Waals surface area contributed by atoms with Crippen LogP contribution in [0.5, 0.6) is 0 Å². The average molecular weight is 226 g/mol. The Morgan fingerprint density at radius 1 is 1.29 bits per heavy atom. The third-order valence-electron chi connectivity index (χ3n) is 2.64. The molecule has 0 fully saturated rings. The molecule has 4 heteroatoms. The lowest BCUT2D eigenvalue weighted by Gasteiger charge is -2.03. The topological polar surface area (TPSA) is 64.5 Å². The van der Waals surface area contributed by atoms with E-state index in [1.807, 2.05) is 31.2 Å². The first kappa shape index (κ1) is 11.4. The lowest BCUT2D eigenvalue weighted by molar-refractivity contribution is 0.679. The molecule has 0 aliphatic heterocycles. The second kappa shape index (κ2) is 5.28. The molecule has 0 saturated carbocycles. The molecule has 0 amide bonds. The summed E-state index contributed by atoms with van der Waals surface area (Å²) in [4.78, 5) is 7.26. The van der Waals surface area contributed by atoms with Crippen molar-refractivity contribution in [3.63, 3.8) is 0 Å². The van der Waals surface area contributed by atoms with E-state index < -0.39 is 0 Å². The zero-order valence-corrected chi connectivity index (χ0v) is 9.70. The summed E-state index contributed by atoms with van der Waals surface area (Å²) < 4.78 is 0. The molecule has 1 heterocycles. The molecule has 86 valence electrons. The molecule has 0 atom stereocenters. The number of aryl methyl sites for hydroxylation is 1. The molecule has 0 aliphatic rings. The van der Waals surface area contributed by atoms with E-state index in [-0.39, 0.29) is 0 Å². The second-order valence-corrected chi connectivity index (χ2v) is 3.89. The van der Waals surface area contributed by atoms with Gasteiger partial charge < -0.3 is 10.3 Å². The standard InChI is InChI=1S/C13H14N4/c1-10-13(17-9-16-10)8-15-7-12-4-2-11(6-14)3-5-12/h2-5,9,15H,7-8H2,1H3,(H,16,17). The smallest absolute Gasteiger partial charge is 0.0991 e. The fourth-order valence-electron chi connectivity index (χ4n) is 1.59. The molecule has 17 heavy (non-hydrogen) atoms. The van der Waals surface area contributed by atoms with Crippen molar-refractivity contribution in [2.45, 2.75) is 20.0 Å². The number of imidazole rings is 1. The number of H-pyrrole nitrogens is 1. The van der Waals surface area contributed by atoms with E-state index in [1.54, 1.807) is 6.33 Å². The zero-order chi connectivity index (χ0) is 12.1. The first-order valence-corrected chi connectivity index (χ1v) is 5.48. The molecule has 1 aromatic heterocycles. The van der Waals surface area contributed by atoms with Gasteiger partial charge in [0.05, 0.1) is 23.7 Å². The van der Waals surface area contributed by atoms with Gasteiger partial charge in [-0.3, -0.25) is 0 Å². The SMILES string of the molecule is Cc1[nH]cnc1CNCc1ccc(C#N)cc1. The van der Waals surface area contributed by atoms with Crippen molar-refractivity contribution >= 4 is 0 Å². The van der Waals surface area contributed by atoms with Crippen LogP contribution >= 0.6 is 0 Å². The number of aromatic nitrogens is 2. The van der Waals surface area contributed by atoms with Gasteiger partial charge >= 0.3 is 0 Å². The van der Waals surface area contributed by atoms with Crippen LogP contribution in [0.25, 0.3) is 0 Å². The molecule has 0 unspecified atom stereocenters. The minimum absolute atomic E-state index is 0.692. The van der Waals surface area contributed by atoms with Crippen LogP contribution in [0.15, 0.2) is 30.6 Å². The fourth-order valence-corrected chi connectivity index (χ4v) is 1.59. The van der Waals surface area contributed by atoms with Crippen LogP contribution in [0.2, 0.25) is 0 Å². The Labute approximate surface area is 100 Å². The third-order valence-corrected chi connectivity index (χ3v) is 2.64. The van der Waals surface area contributed by atoms with Gasteiger partial charge in [-0.15, -0.1) is 0 Å². The predicted molar refractivity (Wildman–Crippen MR) is 65.0 cm³/mol. The van der Waals surface area contributed by atoms with E-state index in [1.165, 1.54) is 0 Å².